The lowest BCUT2D eigenvalue weighted by Gasteiger charge is -2.45. The third-order valence-corrected chi connectivity index (χ3v) is 5.07. The zero-order valence-electron chi connectivity index (χ0n) is 13.4. The number of aliphatic hydroxyl groups excluding tert-OH is 1. The van der Waals surface area contributed by atoms with Crippen LogP contribution < -0.4 is 10.3 Å². The average Bonchev–Trinajstić information content (AvgIpc) is 3.39. The van der Waals surface area contributed by atoms with E-state index in [1.54, 1.807) is 6.92 Å². The molecule has 1 aliphatic heterocycles. The van der Waals surface area contributed by atoms with E-state index < -0.39 is 40.7 Å². The molecule has 4 rings (SSSR count). The summed E-state index contributed by atoms with van der Waals surface area (Å²) in [6.07, 6.45) is 1.95. The Morgan fingerprint density at radius 1 is 1.32 bits per heavy atom. The first-order valence-corrected chi connectivity index (χ1v) is 8.06. The molecule has 0 bridgehead atoms. The van der Waals surface area contributed by atoms with E-state index in [0.29, 0.717) is 0 Å². The molecule has 0 unspecified atom stereocenters. The van der Waals surface area contributed by atoms with Crippen molar-refractivity contribution in [2.24, 2.45) is 0 Å². The third-order valence-electron chi connectivity index (χ3n) is 5.07. The monoisotopic (exact) mass is 350 g/mol. The van der Waals surface area contributed by atoms with E-state index in [1.807, 2.05) is 0 Å². The van der Waals surface area contributed by atoms with Gasteiger partial charge in [0.1, 0.15) is 17.1 Å². The van der Waals surface area contributed by atoms with Crippen LogP contribution in [0.1, 0.15) is 36.2 Å². The first-order chi connectivity index (χ1) is 11.8. The summed E-state index contributed by atoms with van der Waals surface area (Å²) >= 11 is 0. The number of aliphatic hydroxyl groups is 1. The van der Waals surface area contributed by atoms with Crippen LogP contribution >= 0.6 is 0 Å². The minimum absolute atomic E-state index is 0.0810. The molecule has 2 N–H and O–H groups in total. The second-order valence-electron chi connectivity index (χ2n) is 6.69. The molecule has 0 spiro atoms. The Labute approximate surface area is 140 Å². The van der Waals surface area contributed by atoms with Crippen LogP contribution in [0, 0.1) is 11.6 Å². The van der Waals surface area contributed by atoms with E-state index in [0.717, 1.165) is 25.1 Å². The molecule has 1 aromatic heterocycles. The minimum Gasteiger partial charge on any atom is -0.477 e. The van der Waals surface area contributed by atoms with Crippen molar-refractivity contribution in [3.05, 3.63) is 39.7 Å². The molecule has 2 fully saturated rings. The van der Waals surface area contributed by atoms with E-state index in [-0.39, 0.29) is 29.2 Å². The first kappa shape index (κ1) is 16.0. The van der Waals surface area contributed by atoms with Crippen LogP contribution in [-0.2, 0) is 0 Å². The van der Waals surface area contributed by atoms with Crippen LogP contribution in [0.3, 0.4) is 0 Å². The number of hydrogen-bond acceptors (Lipinski definition) is 4. The number of halogens is 2. The molecule has 132 valence electrons. The van der Waals surface area contributed by atoms with E-state index in [4.69, 9.17) is 0 Å². The van der Waals surface area contributed by atoms with Crippen LogP contribution in [0.4, 0.5) is 14.5 Å². The van der Waals surface area contributed by atoms with Crippen LogP contribution in [0.5, 0.6) is 0 Å². The summed E-state index contributed by atoms with van der Waals surface area (Å²) in [4.78, 5) is 25.1. The van der Waals surface area contributed by atoms with Crippen LogP contribution in [-0.4, -0.2) is 39.4 Å². The molecule has 0 amide bonds. The van der Waals surface area contributed by atoms with Gasteiger partial charge in [0.05, 0.1) is 23.0 Å². The lowest BCUT2D eigenvalue weighted by Crippen LogP contribution is -2.59. The molecule has 1 saturated carbocycles. The number of nitrogens with zero attached hydrogens (tertiary/aromatic N) is 2. The summed E-state index contributed by atoms with van der Waals surface area (Å²) in [6, 6.07) is 0.355. The van der Waals surface area contributed by atoms with Crippen molar-refractivity contribution in [3.63, 3.8) is 0 Å². The maximum absolute atomic E-state index is 15.2. The van der Waals surface area contributed by atoms with Gasteiger partial charge in [-0.15, -0.1) is 0 Å². The van der Waals surface area contributed by atoms with Gasteiger partial charge < -0.3 is 19.7 Å². The van der Waals surface area contributed by atoms with Crippen molar-refractivity contribution in [2.45, 2.75) is 38.0 Å². The molecule has 2 heterocycles. The number of rotatable bonds is 3. The van der Waals surface area contributed by atoms with Gasteiger partial charge in [0.2, 0.25) is 5.43 Å². The molecule has 1 aliphatic carbocycles. The van der Waals surface area contributed by atoms with Gasteiger partial charge in [0, 0.05) is 18.8 Å². The average molecular weight is 350 g/mol. The quantitative estimate of drug-likeness (QED) is 0.883. The Bertz CT molecular complexity index is 967. The zero-order chi connectivity index (χ0) is 18.0. The van der Waals surface area contributed by atoms with E-state index in [1.165, 1.54) is 9.47 Å². The number of fused-ring (bicyclic) bond motifs is 1. The Balaban J connectivity index is 2.03. The molecule has 1 aromatic carbocycles. The summed E-state index contributed by atoms with van der Waals surface area (Å²) in [5, 5.41) is 18.6. The normalized spacial score (nSPS) is 23.0. The van der Waals surface area contributed by atoms with Gasteiger partial charge in [-0.05, 0) is 25.8 Å². The number of carboxylic acids is 1. The zero-order valence-corrected chi connectivity index (χ0v) is 13.4. The summed E-state index contributed by atoms with van der Waals surface area (Å²) in [5.41, 5.74) is -1.77. The van der Waals surface area contributed by atoms with Gasteiger partial charge in [-0.3, -0.25) is 4.79 Å². The third kappa shape index (κ3) is 2.24. The van der Waals surface area contributed by atoms with Crippen molar-refractivity contribution in [2.75, 3.05) is 11.4 Å². The van der Waals surface area contributed by atoms with Crippen molar-refractivity contribution in [3.8, 4) is 0 Å². The predicted octanol–water partition coefficient (Wildman–Crippen LogP) is 1.88. The number of carboxylic acid groups (broad SMARTS) is 1. The van der Waals surface area contributed by atoms with Gasteiger partial charge in [0.25, 0.3) is 0 Å². The van der Waals surface area contributed by atoms with E-state index >= 15 is 4.39 Å². The van der Waals surface area contributed by atoms with Gasteiger partial charge in [0.15, 0.2) is 5.82 Å². The molecule has 6 nitrogen and oxygen atoms in total. The van der Waals surface area contributed by atoms with Gasteiger partial charge in [-0.1, -0.05) is 0 Å². The molecule has 1 saturated heterocycles. The Kier molecular flexibility index (Phi) is 3.37. The topological polar surface area (TPSA) is 82.8 Å². The largest absolute Gasteiger partial charge is 0.477 e. The van der Waals surface area contributed by atoms with Crippen LogP contribution in [0.2, 0.25) is 0 Å². The molecule has 2 aliphatic rings. The van der Waals surface area contributed by atoms with E-state index in [9.17, 15) is 24.2 Å². The van der Waals surface area contributed by atoms with E-state index in [2.05, 4.69) is 0 Å². The lowest BCUT2D eigenvalue weighted by atomic mass is 9.98. The first-order valence-electron chi connectivity index (χ1n) is 8.06. The standard InChI is InChI=1S/C17H16F2N2O4/c1-7-12(22)6-20(7)15-11(18)4-9-14(13(15)19)21(8-2-3-8)5-10(16(9)23)17(24)25/h4-5,7-8,12,22H,2-3,6H2,1H3,(H,24,25)/t7-,12-/m0/s1. The fraction of sp³-hybridized carbons (Fsp3) is 0.412. The molecule has 2 atom stereocenters. The minimum atomic E-state index is -1.43. The van der Waals surface area contributed by atoms with Crippen molar-refractivity contribution in [1.82, 2.24) is 4.57 Å². The summed E-state index contributed by atoms with van der Waals surface area (Å²) in [5.74, 6) is -3.26. The molecule has 8 heteroatoms. The number of benzene rings is 1. The van der Waals surface area contributed by atoms with Crippen molar-refractivity contribution >= 4 is 22.6 Å². The molecular formula is C17H16F2N2O4. The van der Waals surface area contributed by atoms with Gasteiger partial charge >= 0.3 is 5.97 Å². The summed E-state index contributed by atoms with van der Waals surface area (Å²) in [7, 11) is 0. The van der Waals surface area contributed by atoms with Crippen LogP contribution in [0.15, 0.2) is 17.1 Å². The maximum atomic E-state index is 15.2. The number of pyridine rings is 1. The van der Waals surface area contributed by atoms with Crippen molar-refractivity contribution in [1.29, 1.82) is 0 Å². The number of aromatic carboxylic acids is 1. The molecule has 25 heavy (non-hydrogen) atoms. The summed E-state index contributed by atoms with van der Waals surface area (Å²) in [6.45, 7) is 1.75. The maximum Gasteiger partial charge on any atom is 0.341 e. The fourth-order valence-electron chi connectivity index (χ4n) is 3.37. The SMILES string of the molecule is C[C@H]1[C@@H](O)CN1c1c(F)cc2c(=O)c(C(=O)O)cn(C3CC3)c2c1F. The molecule has 2 aromatic rings. The molecular weight excluding hydrogens is 334 g/mol. The number of anilines is 1. The van der Waals surface area contributed by atoms with Gasteiger partial charge in [-0.25, -0.2) is 13.6 Å². The number of β-amino-alcohol motifs (C(OH)–C–C–N with tert-alkyl or cyclic N) is 1. The number of carbonyl (C=O) groups is 1. The highest BCUT2D eigenvalue weighted by Crippen LogP contribution is 2.40. The second kappa shape index (κ2) is 5.26. The summed E-state index contributed by atoms with van der Waals surface area (Å²) < 4.78 is 31.2. The Morgan fingerprint density at radius 2 is 2.00 bits per heavy atom. The van der Waals surface area contributed by atoms with Gasteiger partial charge in [-0.2, -0.15) is 0 Å². The predicted molar refractivity (Wildman–Crippen MR) is 86.2 cm³/mol. The van der Waals surface area contributed by atoms with Crippen molar-refractivity contribution < 1.29 is 23.8 Å². The lowest BCUT2D eigenvalue weighted by molar-refractivity contribution is 0.0694. The molecule has 0 radical (unpaired) electrons. The highest BCUT2D eigenvalue weighted by Gasteiger charge is 2.38. The highest BCUT2D eigenvalue weighted by molar-refractivity contribution is 5.94. The Hall–Kier alpha value is -2.48. The number of aromatic nitrogens is 1. The van der Waals surface area contributed by atoms with Crippen LogP contribution in [0.25, 0.3) is 10.9 Å². The second-order valence-corrected chi connectivity index (χ2v) is 6.69. The smallest absolute Gasteiger partial charge is 0.341 e. The number of hydrogen-bond donors (Lipinski definition) is 2. The fourth-order valence-corrected chi connectivity index (χ4v) is 3.37. The highest BCUT2D eigenvalue weighted by atomic mass is 19.1. The Morgan fingerprint density at radius 3 is 2.52 bits per heavy atom.